The highest BCUT2D eigenvalue weighted by Crippen LogP contribution is 2.33. The van der Waals surface area contributed by atoms with Crippen molar-refractivity contribution in [1.82, 2.24) is 10.6 Å². The van der Waals surface area contributed by atoms with E-state index in [1.165, 1.54) is 31.7 Å². The van der Waals surface area contributed by atoms with Crippen LogP contribution in [0.25, 0.3) is 0 Å². The van der Waals surface area contributed by atoms with Crippen LogP contribution < -0.4 is 10.6 Å². The van der Waals surface area contributed by atoms with Crippen LogP contribution >= 0.6 is 24.2 Å². The van der Waals surface area contributed by atoms with E-state index < -0.39 is 0 Å². The zero-order valence-electron chi connectivity index (χ0n) is 13.8. The molecule has 1 aliphatic heterocycles. The number of rotatable bonds is 6. The molecule has 3 atom stereocenters. The molecule has 0 aromatic heterocycles. The van der Waals surface area contributed by atoms with E-state index in [0.717, 1.165) is 17.7 Å². The van der Waals surface area contributed by atoms with Crippen LogP contribution in [-0.2, 0) is 10.5 Å². The number of carbonyl (C=O) groups excluding carboxylic acids is 1. The summed E-state index contributed by atoms with van der Waals surface area (Å²) in [5.74, 6) is 2.12. The molecule has 3 nitrogen and oxygen atoms in total. The van der Waals surface area contributed by atoms with Crippen molar-refractivity contribution >= 4 is 30.1 Å². The summed E-state index contributed by atoms with van der Waals surface area (Å²) in [5.41, 5.74) is 0.727. The van der Waals surface area contributed by atoms with Gasteiger partial charge in [-0.1, -0.05) is 31.0 Å². The van der Waals surface area contributed by atoms with Crippen LogP contribution in [0.15, 0.2) is 24.3 Å². The summed E-state index contributed by atoms with van der Waals surface area (Å²) in [7, 11) is 0. The lowest BCUT2D eigenvalue weighted by Crippen LogP contribution is -2.43. The molecular formula is C18H26ClFN2OS. The van der Waals surface area contributed by atoms with Crippen LogP contribution in [0.3, 0.4) is 0 Å². The summed E-state index contributed by atoms with van der Waals surface area (Å²) in [6, 6.07) is 7.39. The van der Waals surface area contributed by atoms with Crippen LogP contribution in [0, 0.1) is 11.7 Å². The summed E-state index contributed by atoms with van der Waals surface area (Å²) in [6.45, 7) is 0.644. The van der Waals surface area contributed by atoms with Crippen molar-refractivity contribution in [2.75, 3.05) is 12.3 Å². The number of carbonyl (C=O) groups is 1. The summed E-state index contributed by atoms with van der Waals surface area (Å²) in [6.07, 6.45) is 6.06. The number of hydrogen-bond acceptors (Lipinski definition) is 3. The first-order valence-corrected chi connectivity index (χ1v) is 9.74. The van der Waals surface area contributed by atoms with Crippen molar-refractivity contribution in [3.8, 4) is 0 Å². The molecule has 1 saturated heterocycles. The van der Waals surface area contributed by atoms with Gasteiger partial charge in [0, 0.05) is 24.1 Å². The molecule has 0 radical (unpaired) electrons. The molecule has 2 aliphatic rings. The molecule has 1 aliphatic carbocycles. The van der Waals surface area contributed by atoms with Crippen LogP contribution in [0.1, 0.15) is 37.7 Å². The molecule has 3 rings (SSSR count). The lowest BCUT2D eigenvalue weighted by atomic mass is 9.85. The number of benzene rings is 1. The third kappa shape index (κ3) is 5.11. The summed E-state index contributed by atoms with van der Waals surface area (Å²) >= 11 is 1.65. The van der Waals surface area contributed by atoms with Gasteiger partial charge < -0.3 is 10.6 Å². The molecule has 2 N–H and O–H groups in total. The number of nitrogens with one attached hydrogen (secondary N) is 2. The summed E-state index contributed by atoms with van der Waals surface area (Å²) < 4.78 is 13.5. The molecule has 2 fully saturated rings. The molecule has 0 spiro atoms. The van der Waals surface area contributed by atoms with E-state index in [-0.39, 0.29) is 30.2 Å². The average Bonchev–Trinajstić information content (AvgIpc) is 3.00. The highest BCUT2D eigenvalue weighted by molar-refractivity contribution is 7.98. The van der Waals surface area contributed by atoms with Gasteiger partial charge in [0.05, 0.1) is 6.04 Å². The van der Waals surface area contributed by atoms with E-state index in [9.17, 15) is 9.18 Å². The number of hydrogen-bond donors (Lipinski definition) is 2. The van der Waals surface area contributed by atoms with E-state index in [2.05, 4.69) is 10.6 Å². The Morgan fingerprint density at radius 1 is 1.29 bits per heavy atom. The Hall–Kier alpha value is -0.780. The van der Waals surface area contributed by atoms with E-state index >= 15 is 0 Å². The fraction of sp³-hybridized carbons (Fsp3) is 0.611. The van der Waals surface area contributed by atoms with Crippen molar-refractivity contribution < 1.29 is 9.18 Å². The fourth-order valence-corrected chi connectivity index (χ4v) is 4.53. The van der Waals surface area contributed by atoms with Gasteiger partial charge in [0.15, 0.2) is 0 Å². The molecule has 1 aromatic carbocycles. The monoisotopic (exact) mass is 372 g/mol. The maximum Gasteiger partial charge on any atom is 0.237 e. The first-order chi connectivity index (χ1) is 11.2. The molecule has 134 valence electrons. The van der Waals surface area contributed by atoms with Gasteiger partial charge in [-0.05, 0) is 36.8 Å². The van der Waals surface area contributed by atoms with Crippen molar-refractivity contribution in [3.05, 3.63) is 35.6 Å². The highest BCUT2D eigenvalue weighted by Gasteiger charge is 2.37. The normalized spacial score (nSPS) is 25.6. The quantitative estimate of drug-likeness (QED) is 0.751. The van der Waals surface area contributed by atoms with Crippen LogP contribution in [0.2, 0.25) is 0 Å². The lowest BCUT2D eigenvalue weighted by molar-refractivity contribution is -0.122. The average molecular weight is 373 g/mol. The SMILES string of the molecule is Cl.O=C(NCCSCc1ccccc1F)C1CC2CCCCC2N1. The molecule has 1 heterocycles. The van der Waals surface area contributed by atoms with Crippen LogP contribution in [-0.4, -0.2) is 30.3 Å². The van der Waals surface area contributed by atoms with Gasteiger partial charge in [0.1, 0.15) is 5.82 Å². The minimum absolute atomic E-state index is 0. The molecule has 6 heteroatoms. The molecule has 1 saturated carbocycles. The molecule has 3 unspecified atom stereocenters. The molecule has 1 amide bonds. The second kappa shape index (κ2) is 9.64. The molecule has 1 aromatic rings. The van der Waals surface area contributed by atoms with Gasteiger partial charge in [-0.25, -0.2) is 4.39 Å². The Morgan fingerprint density at radius 3 is 2.88 bits per heavy atom. The van der Waals surface area contributed by atoms with Crippen molar-refractivity contribution in [1.29, 1.82) is 0 Å². The second-order valence-electron chi connectivity index (χ2n) is 6.54. The number of amides is 1. The van der Waals surface area contributed by atoms with Gasteiger partial charge >= 0.3 is 0 Å². The van der Waals surface area contributed by atoms with Crippen molar-refractivity contribution in [2.24, 2.45) is 5.92 Å². The number of halogens is 2. The Morgan fingerprint density at radius 2 is 2.08 bits per heavy atom. The smallest absolute Gasteiger partial charge is 0.237 e. The van der Waals surface area contributed by atoms with E-state index in [1.54, 1.807) is 17.8 Å². The van der Waals surface area contributed by atoms with Gasteiger partial charge in [-0.2, -0.15) is 11.8 Å². The van der Waals surface area contributed by atoms with Gasteiger partial charge in [-0.15, -0.1) is 12.4 Å². The number of thioether (sulfide) groups is 1. The summed E-state index contributed by atoms with van der Waals surface area (Å²) in [5, 5.41) is 6.52. The van der Waals surface area contributed by atoms with E-state index in [4.69, 9.17) is 0 Å². The number of fused-ring (bicyclic) bond motifs is 1. The Labute approximate surface area is 154 Å². The first kappa shape index (κ1) is 19.5. The lowest BCUT2D eigenvalue weighted by Gasteiger charge is -2.24. The zero-order valence-corrected chi connectivity index (χ0v) is 15.4. The third-order valence-electron chi connectivity index (χ3n) is 4.94. The Bertz CT molecular complexity index is 532. The largest absolute Gasteiger partial charge is 0.354 e. The minimum Gasteiger partial charge on any atom is -0.354 e. The maximum absolute atomic E-state index is 13.5. The van der Waals surface area contributed by atoms with Crippen molar-refractivity contribution in [2.45, 2.75) is 49.9 Å². The topological polar surface area (TPSA) is 41.1 Å². The van der Waals surface area contributed by atoms with Gasteiger partial charge in [0.2, 0.25) is 5.91 Å². The molecule has 0 bridgehead atoms. The zero-order chi connectivity index (χ0) is 16.1. The van der Waals surface area contributed by atoms with E-state index in [1.807, 2.05) is 12.1 Å². The molecular weight excluding hydrogens is 347 g/mol. The molecule has 24 heavy (non-hydrogen) atoms. The standard InChI is InChI=1S/C18H25FN2OS.ClH/c19-15-7-3-1-6-14(15)12-23-10-9-20-18(22)17-11-13-5-2-4-8-16(13)21-17;/h1,3,6-7,13,16-17,21H,2,4-5,8-12H2,(H,20,22);1H. The second-order valence-corrected chi connectivity index (χ2v) is 7.65. The third-order valence-corrected chi connectivity index (χ3v) is 5.95. The highest BCUT2D eigenvalue weighted by atomic mass is 35.5. The fourth-order valence-electron chi connectivity index (χ4n) is 3.69. The van der Waals surface area contributed by atoms with Crippen molar-refractivity contribution in [3.63, 3.8) is 0 Å². The van der Waals surface area contributed by atoms with Crippen LogP contribution in [0.5, 0.6) is 0 Å². The Kier molecular flexibility index (Phi) is 7.85. The van der Waals surface area contributed by atoms with Crippen LogP contribution in [0.4, 0.5) is 4.39 Å². The van der Waals surface area contributed by atoms with E-state index in [0.29, 0.717) is 24.3 Å². The summed E-state index contributed by atoms with van der Waals surface area (Å²) in [4.78, 5) is 12.2. The first-order valence-electron chi connectivity index (χ1n) is 8.59. The maximum atomic E-state index is 13.5. The van der Waals surface area contributed by atoms with Gasteiger partial charge in [0.25, 0.3) is 0 Å². The van der Waals surface area contributed by atoms with Gasteiger partial charge in [-0.3, -0.25) is 4.79 Å². The Balaban J connectivity index is 0.00000208. The minimum atomic E-state index is -0.151. The predicted octanol–water partition coefficient (Wildman–Crippen LogP) is 3.52. The predicted molar refractivity (Wildman–Crippen MR) is 100 cm³/mol.